The smallest absolute Gasteiger partial charge is 0.277 e. The Hall–Kier alpha value is -2.12. The van der Waals surface area contributed by atoms with E-state index < -0.39 is 0 Å². The van der Waals surface area contributed by atoms with Gasteiger partial charge in [0, 0.05) is 30.7 Å². The molecule has 3 rings (SSSR count). The van der Waals surface area contributed by atoms with Gasteiger partial charge in [-0.2, -0.15) is 4.98 Å². The largest absolute Gasteiger partial charge is 0.332 e. The molecule has 0 unspecified atom stereocenters. The molecule has 2 N–H and O–H groups in total. The first-order chi connectivity index (χ1) is 9.35. The lowest BCUT2D eigenvalue weighted by molar-refractivity contribution is 0.423. The van der Waals surface area contributed by atoms with Crippen LogP contribution < -0.4 is 5.73 Å². The average molecular weight is 273 g/mol. The third-order valence-corrected chi connectivity index (χ3v) is 3.40. The molecule has 0 fully saturated rings. The molecule has 0 amide bonds. The molecule has 0 aliphatic heterocycles. The normalized spacial score (nSPS) is 10.8. The highest BCUT2D eigenvalue weighted by molar-refractivity contribution is 7.09. The van der Waals surface area contributed by atoms with E-state index in [-0.39, 0.29) is 0 Å². The number of pyridine rings is 1. The Balaban J connectivity index is 1.79. The van der Waals surface area contributed by atoms with E-state index >= 15 is 0 Å². The second-order valence-corrected chi connectivity index (χ2v) is 4.82. The number of hydrogen-bond acceptors (Lipinski definition) is 7. The molecule has 0 bridgehead atoms. The third-order valence-electron chi connectivity index (χ3n) is 2.53. The highest BCUT2D eigenvalue weighted by Gasteiger charge is 2.12. The van der Waals surface area contributed by atoms with Gasteiger partial charge in [0.1, 0.15) is 10.7 Å². The highest BCUT2D eigenvalue weighted by atomic mass is 32.1. The van der Waals surface area contributed by atoms with Crippen molar-refractivity contribution in [3.05, 3.63) is 46.3 Å². The van der Waals surface area contributed by atoms with Gasteiger partial charge in [0.15, 0.2) is 5.82 Å². The van der Waals surface area contributed by atoms with Gasteiger partial charge in [-0.05, 0) is 17.7 Å². The maximum Gasteiger partial charge on any atom is 0.277 e. The highest BCUT2D eigenvalue weighted by Crippen LogP contribution is 2.20. The summed E-state index contributed by atoms with van der Waals surface area (Å²) in [4.78, 5) is 12.6. The first-order valence-electron chi connectivity index (χ1n) is 5.71. The van der Waals surface area contributed by atoms with Crippen molar-refractivity contribution in [1.29, 1.82) is 0 Å². The Morgan fingerprint density at radius 2 is 2.05 bits per heavy atom. The van der Waals surface area contributed by atoms with Crippen LogP contribution in [0.2, 0.25) is 0 Å². The van der Waals surface area contributed by atoms with Crippen molar-refractivity contribution < 1.29 is 4.52 Å². The zero-order valence-electron chi connectivity index (χ0n) is 9.98. The first kappa shape index (κ1) is 11.9. The maximum atomic E-state index is 5.52. The fourth-order valence-corrected chi connectivity index (χ4v) is 2.26. The maximum absolute atomic E-state index is 5.52. The van der Waals surface area contributed by atoms with Crippen LogP contribution in [0.15, 0.2) is 34.4 Å². The average Bonchev–Trinajstić information content (AvgIpc) is 3.08. The van der Waals surface area contributed by atoms with Gasteiger partial charge in [-0.15, -0.1) is 11.3 Å². The van der Waals surface area contributed by atoms with Crippen LogP contribution in [0.4, 0.5) is 0 Å². The number of hydrogen-bond donors (Lipinski definition) is 1. The number of rotatable bonds is 4. The number of thiazole rings is 1. The second-order valence-electron chi connectivity index (χ2n) is 3.88. The van der Waals surface area contributed by atoms with Gasteiger partial charge >= 0.3 is 0 Å². The summed E-state index contributed by atoms with van der Waals surface area (Å²) in [5.74, 6) is 1.06. The summed E-state index contributed by atoms with van der Waals surface area (Å²) in [6.07, 6.45) is 4.09. The van der Waals surface area contributed by atoms with Crippen molar-refractivity contribution in [1.82, 2.24) is 20.1 Å². The number of nitrogens with zero attached hydrogens (tertiary/aromatic N) is 4. The Bertz CT molecular complexity index is 664. The summed E-state index contributed by atoms with van der Waals surface area (Å²) >= 11 is 1.49. The van der Waals surface area contributed by atoms with Crippen LogP contribution >= 0.6 is 11.3 Å². The Morgan fingerprint density at radius 3 is 2.79 bits per heavy atom. The van der Waals surface area contributed by atoms with Crippen LogP contribution in [0, 0.1) is 0 Å². The van der Waals surface area contributed by atoms with Crippen LogP contribution in [0.5, 0.6) is 0 Å². The van der Waals surface area contributed by atoms with Crippen molar-refractivity contribution in [3.8, 4) is 11.6 Å². The Labute approximate surface area is 113 Å². The molecule has 0 atom stereocenters. The van der Waals surface area contributed by atoms with Gasteiger partial charge in [-0.1, -0.05) is 5.16 Å². The fourth-order valence-electron chi connectivity index (χ4n) is 1.62. The molecule has 0 saturated carbocycles. The van der Waals surface area contributed by atoms with Gasteiger partial charge in [-0.3, -0.25) is 4.98 Å². The van der Waals surface area contributed by atoms with Crippen LogP contribution in [0.1, 0.15) is 16.4 Å². The molecular weight excluding hydrogens is 262 g/mol. The van der Waals surface area contributed by atoms with Crippen LogP contribution in [-0.2, 0) is 13.0 Å². The number of aromatic nitrogens is 4. The van der Waals surface area contributed by atoms with Gasteiger partial charge < -0.3 is 10.3 Å². The quantitative estimate of drug-likeness (QED) is 0.777. The van der Waals surface area contributed by atoms with E-state index in [0.717, 1.165) is 10.6 Å². The van der Waals surface area contributed by atoms with Crippen molar-refractivity contribution in [2.45, 2.75) is 13.0 Å². The summed E-state index contributed by atoms with van der Waals surface area (Å²) in [6.45, 7) is 0.419. The molecule has 3 heterocycles. The predicted octanol–water partition coefficient (Wildman–Crippen LogP) is 1.64. The zero-order valence-corrected chi connectivity index (χ0v) is 10.8. The van der Waals surface area contributed by atoms with Crippen molar-refractivity contribution in [2.75, 3.05) is 0 Å². The first-order valence-corrected chi connectivity index (χ1v) is 6.59. The van der Waals surface area contributed by atoms with Crippen LogP contribution in [-0.4, -0.2) is 20.1 Å². The molecule has 0 aliphatic rings. The minimum atomic E-state index is 0.419. The Morgan fingerprint density at radius 1 is 1.21 bits per heavy atom. The standard InChI is InChI=1S/C12H11N5OS/c13-6-11-15-9(7-19-11)12-16-10(17-18-12)5-8-1-3-14-4-2-8/h1-4,7H,5-6,13H2. The van der Waals surface area contributed by atoms with E-state index in [1.807, 2.05) is 17.5 Å². The summed E-state index contributed by atoms with van der Waals surface area (Å²) in [7, 11) is 0. The van der Waals surface area contributed by atoms with Gasteiger partial charge in [0.2, 0.25) is 0 Å². The molecule has 19 heavy (non-hydrogen) atoms. The van der Waals surface area contributed by atoms with Crippen molar-refractivity contribution in [2.24, 2.45) is 5.73 Å². The van der Waals surface area contributed by atoms with E-state index in [9.17, 15) is 0 Å². The van der Waals surface area contributed by atoms with E-state index in [2.05, 4.69) is 20.1 Å². The summed E-state index contributed by atoms with van der Waals surface area (Å²) in [5, 5.41) is 6.67. The molecule has 0 spiro atoms. The summed E-state index contributed by atoms with van der Waals surface area (Å²) in [5.41, 5.74) is 7.29. The molecule has 0 saturated heterocycles. The molecule has 3 aromatic rings. The van der Waals surface area contributed by atoms with E-state index in [4.69, 9.17) is 10.3 Å². The minimum Gasteiger partial charge on any atom is -0.332 e. The lowest BCUT2D eigenvalue weighted by Gasteiger charge is -1.93. The predicted molar refractivity (Wildman–Crippen MR) is 70.3 cm³/mol. The molecule has 3 aromatic heterocycles. The monoisotopic (exact) mass is 273 g/mol. The third kappa shape index (κ3) is 2.67. The lowest BCUT2D eigenvalue weighted by Crippen LogP contribution is -1.94. The van der Waals surface area contributed by atoms with Crippen LogP contribution in [0.25, 0.3) is 11.6 Å². The molecule has 96 valence electrons. The van der Waals surface area contributed by atoms with E-state index in [1.165, 1.54) is 11.3 Å². The Kier molecular flexibility index (Phi) is 3.30. The van der Waals surface area contributed by atoms with Gasteiger partial charge in [0.25, 0.3) is 5.89 Å². The number of nitrogens with two attached hydrogens (primary N) is 1. The second kappa shape index (κ2) is 5.25. The summed E-state index contributed by atoms with van der Waals surface area (Å²) < 4.78 is 5.21. The zero-order chi connectivity index (χ0) is 13.1. The molecular formula is C12H11N5OS. The topological polar surface area (TPSA) is 90.7 Å². The van der Waals surface area contributed by atoms with Gasteiger partial charge in [-0.25, -0.2) is 4.98 Å². The lowest BCUT2D eigenvalue weighted by atomic mass is 10.2. The molecule has 7 heteroatoms. The van der Waals surface area contributed by atoms with Crippen molar-refractivity contribution in [3.63, 3.8) is 0 Å². The van der Waals surface area contributed by atoms with E-state index in [1.54, 1.807) is 12.4 Å². The molecule has 0 radical (unpaired) electrons. The molecule has 0 aromatic carbocycles. The van der Waals surface area contributed by atoms with Gasteiger partial charge in [0.05, 0.1) is 0 Å². The SMILES string of the molecule is NCc1nc(-c2nc(Cc3ccncc3)no2)cs1. The van der Waals surface area contributed by atoms with Crippen LogP contribution in [0.3, 0.4) is 0 Å². The molecule has 6 nitrogen and oxygen atoms in total. The molecule has 0 aliphatic carbocycles. The minimum absolute atomic E-state index is 0.419. The van der Waals surface area contributed by atoms with E-state index in [0.29, 0.717) is 30.4 Å². The fraction of sp³-hybridized carbons (Fsp3) is 0.167. The van der Waals surface area contributed by atoms with Crippen molar-refractivity contribution >= 4 is 11.3 Å². The summed E-state index contributed by atoms with van der Waals surface area (Å²) in [6, 6.07) is 3.84.